The standard InChI is InChI=1S/C22H19N3O3S/c1-2-5-14-8-10-15(11-9-14)18-13-29-22(23-18)24-19(26)12-25-20(27)16-6-3-4-7-17(16)21(25)28/h3-4,6-11,13H,2,5,12H2,1H3,(H,23,24,26). The molecular weight excluding hydrogens is 386 g/mol. The van der Waals surface area contributed by atoms with E-state index in [1.165, 1.54) is 16.9 Å². The third-order valence-corrected chi connectivity index (χ3v) is 5.48. The Labute approximate surface area is 172 Å². The second-order valence-corrected chi connectivity index (χ2v) is 7.63. The van der Waals surface area contributed by atoms with Gasteiger partial charge < -0.3 is 5.32 Å². The molecule has 0 atom stereocenters. The fourth-order valence-corrected chi connectivity index (χ4v) is 4.02. The number of aromatic nitrogens is 1. The molecule has 1 N–H and O–H groups in total. The zero-order valence-electron chi connectivity index (χ0n) is 15.8. The van der Waals surface area contributed by atoms with Crippen molar-refractivity contribution in [2.75, 3.05) is 11.9 Å². The molecular formula is C22H19N3O3S. The minimum Gasteiger partial charge on any atom is -0.300 e. The van der Waals surface area contributed by atoms with Gasteiger partial charge in [-0.05, 0) is 24.1 Å². The summed E-state index contributed by atoms with van der Waals surface area (Å²) in [5.41, 5.74) is 3.68. The maximum Gasteiger partial charge on any atom is 0.262 e. The van der Waals surface area contributed by atoms with Gasteiger partial charge in [0.15, 0.2) is 5.13 Å². The molecule has 0 saturated carbocycles. The van der Waals surface area contributed by atoms with Crippen LogP contribution < -0.4 is 5.32 Å². The molecule has 29 heavy (non-hydrogen) atoms. The first-order valence-corrected chi connectivity index (χ1v) is 10.2. The van der Waals surface area contributed by atoms with Gasteiger partial charge in [-0.1, -0.05) is 49.7 Å². The number of carbonyl (C=O) groups is 3. The fraction of sp³-hybridized carbons (Fsp3) is 0.182. The minimum atomic E-state index is -0.460. The Morgan fingerprint density at radius 2 is 1.69 bits per heavy atom. The molecule has 2 aromatic carbocycles. The second-order valence-electron chi connectivity index (χ2n) is 6.78. The molecule has 2 heterocycles. The predicted molar refractivity (Wildman–Crippen MR) is 112 cm³/mol. The lowest BCUT2D eigenvalue weighted by atomic mass is 10.1. The summed E-state index contributed by atoms with van der Waals surface area (Å²) in [6, 6.07) is 14.8. The van der Waals surface area contributed by atoms with Crippen molar-refractivity contribution in [1.82, 2.24) is 9.88 Å². The van der Waals surface area contributed by atoms with Gasteiger partial charge in [0, 0.05) is 10.9 Å². The highest BCUT2D eigenvalue weighted by Crippen LogP contribution is 2.26. The normalized spacial score (nSPS) is 12.9. The molecule has 1 aliphatic rings. The molecule has 1 aliphatic heterocycles. The molecule has 0 fully saturated rings. The van der Waals surface area contributed by atoms with Crippen LogP contribution in [-0.2, 0) is 11.2 Å². The molecule has 4 rings (SSSR count). The van der Waals surface area contributed by atoms with Crippen LogP contribution in [0.2, 0.25) is 0 Å². The average Bonchev–Trinajstić information content (AvgIpc) is 3.28. The zero-order valence-corrected chi connectivity index (χ0v) is 16.7. The van der Waals surface area contributed by atoms with E-state index in [1.807, 2.05) is 17.5 Å². The summed E-state index contributed by atoms with van der Waals surface area (Å²) in [6.07, 6.45) is 2.13. The van der Waals surface area contributed by atoms with E-state index in [4.69, 9.17) is 0 Å². The van der Waals surface area contributed by atoms with Gasteiger partial charge >= 0.3 is 0 Å². The van der Waals surface area contributed by atoms with Gasteiger partial charge in [0.05, 0.1) is 16.8 Å². The lowest BCUT2D eigenvalue weighted by Crippen LogP contribution is -2.37. The Balaban J connectivity index is 1.41. The number of benzene rings is 2. The first kappa shape index (κ1) is 19.0. The number of nitrogens with zero attached hydrogens (tertiary/aromatic N) is 2. The monoisotopic (exact) mass is 405 g/mol. The third-order valence-electron chi connectivity index (χ3n) is 4.72. The first-order valence-electron chi connectivity index (χ1n) is 9.36. The van der Waals surface area contributed by atoms with Crippen LogP contribution in [0.5, 0.6) is 0 Å². The number of carbonyl (C=O) groups excluding carboxylic acids is 3. The largest absolute Gasteiger partial charge is 0.300 e. The van der Waals surface area contributed by atoms with Crippen LogP contribution in [0.15, 0.2) is 53.9 Å². The Morgan fingerprint density at radius 3 is 2.31 bits per heavy atom. The smallest absolute Gasteiger partial charge is 0.262 e. The second kappa shape index (κ2) is 7.97. The van der Waals surface area contributed by atoms with E-state index in [1.54, 1.807) is 24.3 Å². The molecule has 6 nitrogen and oxygen atoms in total. The van der Waals surface area contributed by atoms with Gasteiger partial charge in [0.2, 0.25) is 5.91 Å². The van der Waals surface area contributed by atoms with E-state index in [9.17, 15) is 14.4 Å². The number of thiazole rings is 1. The molecule has 0 aliphatic carbocycles. The fourth-order valence-electron chi connectivity index (χ4n) is 3.28. The van der Waals surface area contributed by atoms with Crippen molar-refractivity contribution in [3.8, 4) is 11.3 Å². The zero-order chi connectivity index (χ0) is 20.4. The van der Waals surface area contributed by atoms with Crippen LogP contribution in [0.3, 0.4) is 0 Å². The summed E-state index contributed by atoms with van der Waals surface area (Å²) in [7, 11) is 0. The van der Waals surface area contributed by atoms with Crippen molar-refractivity contribution >= 4 is 34.2 Å². The van der Waals surface area contributed by atoms with Gasteiger partial charge in [-0.15, -0.1) is 11.3 Å². The van der Waals surface area contributed by atoms with Gasteiger partial charge in [0.1, 0.15) is 6.54 Å². The highest BCUT2D eigenvalue weighted by atomic mass is 32.1. The first-order chi connectivity index (χ1) is 14.1. The van der Waals surface area contributed by atoms with Crippen LogP contribution in [0, 0.1) is 0 Å². The lowest BCUT2D eigenvalue weighted by molar-refractivity contribution is -0.116. The summed E-state index contributed by atoms with van der Waals surface area (Å²) in [4.78, 5) is 42.5. The number of hydrogen-bond donors (Lipinski definition) is 1. The van der Waals surface area contributed by atoms with Gasteiger partial charge in [-0.3, -0.25) is 19.3 Å². The molecule has 3 amide bonds. The molecule has 0 bridgehead atoms. The van der Waals surface area contributed by atoms with Crippen molar-refractivity contribution in [1.29, 1.82) is 0 Å². The van der Waals surface area contributed by atoms with Gasteiger partial charge in [0.25, 0.3) is 11.8 Å². The molecule has 3 aromatic rings. The van der Waals surface area contributed by atoms with E-state index in [0.29, 0.717) is 16.3 Å². The van der Waals surface area contributed by atoms with E-state index in [2.05, 4.69) is 29.4 Å². The molecule has 1 aromatic heterocycles. The van der Waals surface area contributed by atoms with Crippen molar-refractivity contribution in [3.63, 3.8) is 0 Å². The summed E-state index contributed by atoms with van der Waals surface area (Å²) in [6.45, 7) is 1.80. The number of rotatable bonds is 6. The molecule has 0 saturated heterocycles. The Bertz CT molecular complexity index is 1050. The van der Waals surface area contributed by atoms with Crippen LogP contribution in [0.1, 0.15) is 39.6 Å². The average molecular weight is 405 g/mol. The van der Waals surface area contributed by atoms with Crippen LogP contribution in [-0.4, -0.2) is 34.2 Å². The molecule has 7 heteroatoms. The SMILES string of the molecule is CCCc1ccc(-c2csc(NC(=O)CN3C(=O)c4ccccc4C3=O)n2)cc1. The molecule has 0 spiro atoms. The number of nitrogens with one attached hydrogen (secondary N) is 1. The highest BCUT2D eigenvalue weighted by Gasteiger charge is 2.36. The van der Waals surface area contributed by atoms with Crippen molar-refractivity contribution in [2.45, 2.75) is 19.8 Å². The third kappa shape index (κ3) is 3.82. The topological polar surface area (TPSA) is 79.4 Å². The number of fused-ring (bicyclic) bond motifs is 1. The number of anilines is 1. The van der Waals surface area contributed by atoms with Crippen molar-refractivity contribution in [3.05, 3.63) is 70.6 Å². The van der Waals surface area contributed by atoms with E-state index in [-0.39, 0.29) is 6.54 Å². The summed E-state index contributed by atoms with van der Waals surface area (Å²) in [5.74, 6) is -1.36. The van der Waals surface area contributed by atoms with E-state index < -0.39 is 17.7 Å². The number of hydrogen-bond acceptors (Lipinski definition) is 5. The predicted octanol–water partition coefficient (Wildman–Crippen LogP) is 4.00. The van der Waals surface area contributed by atoms with E-state index >= 15 is 0 Å². The molecule has 0 unspecified atom stereocenters. The Hall–Kier alpha value is -3.32. The maximum atomic E-state index is 12.4. The van der Waals surface area contributed by atoms with Crippen molar-refractivity contribution < 1.29 is 14.4 Å². The lowest BCUT2D eigenvalue weighted by Gasteiger charge is -2.12. The number of imide groups is 1. The summed E-state index contributed by atoms with van der Waals surface area (Å²) in [5, 5.41) is 4.98. The van der Waals surface area contributed by atoms with Gasteiger partial charge in [-0.2, -0.15) is 0 Å². The van der Waals surface area contributed by atoms with Crippen LogP contribution in [0.25, 0.3) is 11.3 Å². The summed E-state index contributed by atoms with van der Waals surface area (Å²) < 4.78 is 0. The van der Waals surface area contributed by atoms with Crippen LogP contribution in [0.4, 0.5) is 5.13 Å². The van der Waals surface area contributed by atoms with Crippen LogP contribution >= 0.6 is 11.3 Å². The highest BCUT2D eigenvalue weighted by molar-refractivity contribution is 7.14. The minimum absolute atomic E-state index is 0.327. The quantitative estimate of drug-likeness (QED) is 0.629. The van der Waals surface area contributed by atoms with E-state index in [0.717, 1.165) is 29.0 Å². The summed E-state index contributed by atoms with van der Waals surface area (Å²) >= 11 is 1.30. The number of amides is 3. The Kier molecular flexibility index (Phi) is 5.22. The molecule has 146 valence electrons. The van der Waals surface area contributed by atoms with Crippen molar-refractivity contribution in [2.24, 2.45) is 0 Å². The number of aryl methyl sites for hydroxylation is 1. The Morgan fingerprint density at radius 1 is 1.03 bits per heavy atom. The maximum absolute atomic E-state index is 12.4. The van der Waals surface area contributed by atoms with Gasteiger partial charge in [-0.25, -0.2) is 4.98 Å². The molecule has 0 radical (unpaired) electrons.